The SMILES string of the molecule is CCC([C@@H]1CCCN1)N(Cc1cc(-c2ccc3n[nH]nc3c2)ccc1F)C(=O)c1ccc(F)cc1. The van der Waals surface area contributed by atoms with Crippen LogP contribution in [-0.2, 0) is 6.54 Å². The van der Waals surface area contributed by atoms with Crippen LogP contribution in [-0.4, -0.2) is 44.8 Å². The van der Waals surface area contributed by atoms with E-state index >= 15 is 4.39 Å². The average molecular weight is 476 g/mol. The lowest BCUT2D eigenvalue weighted by Gasteiger charge is -2.35. The summed E-state index contributed by atoms with van der Waals surface area (Å²) in [5.41, 5.74) is 3.99. The molecule has 180 valence electrons. The minimum absolute atomic E-state index is 0.110. The molecule has 3 aromatic carbocycles. The summed E-state index contributed by atoms with van der Waals surface area (Å²) < 4.78 is 28.6. The molecular weight excluding hydrogens is 448 g/mol. The molecule has 0 spiro atoms. The molecule has 1 unspecified atom stereocenters. The molecule has 1 aliphatic heterocycles. The van der Waals surface area contributed by atoms with Gasteiger partial charge in [-0.3, -0.25) is 4.79 Å². The van der Waals surface area contributed by atoms with Gasteiger partial charge < -0.3 is 10.2 Å². The first-order valence-electron chi connectivity index (χ1n) is 11.9. The van der Waals surface area contributed by atoms with E-state index in [-0.39, 0.29) is 30.4 Å². The standard InChI is InChI=1S/C27H27F2N5O/c1-2-26(24-4-3-13-30-24)34(27(35)17-5-9-21(28)10-6-17)16-20-14-18(7-11-22(20)29)19-8-12-23-25(15-19)32-33-31-23/h5-12,14-15,24,26,30H,2-4,13,16H2,1H3,(H,31,32,33)/t24-,26?/m0/s1. The van der Waals surface area contributed by atoms with Crippen LogP contribution in [0.15, 0.2) is 60.7 Å². The first kappa shape index (κ1) is 23.1. The van der Waals surface area contributed by atoms with Crippen LogP contribution in [0, 0.1) is 11.6 Å². The molecule has 6 nitrogen and oxygen atoms in total. The zero-order valence-corrected chi connectivity index (χ0v) is 19.5. The lowest BCUT2D eigenvalue weighted by molar-refractivity contribution is 0.0611. The number of nitrogens with one attached hydrogen (secondary N) is 2. The van der Waals surface area contributed by atoms with Gasteiger partial charge in [0.2, 0.25) is 0 Å². The van der Waals surface area contributed by atoms with E-state index in [1.54, 1.807) is 17.0 Å². The number of rotatable bonds is 7. The summed E-state index contributed by atoms with van der Waals surface area (Å²) in [6.07, 6.45) is 2.70. The van der Waals surface area contributed by atoms with Gasteiger partial charge in [0.05, 0.1) is 0 Å². The Hall–Kier alpha value is -3.65. The van der Waals surface area contributed by atoms with Gasteiger partial charge in [0.15, 0.2) is 0 Å². The second-order valence-electron chi connectivity index (χ2n) is 8.95. The van der Waals surface area contributed by atoms with Crippen molar-refractivity contribution in [3.05, 3.63) is 83.4 Å². The second-order valence-corrected chi connectivity index (χ2v) is 8.95. The summed E-state index contributed by atoms with van der Waals surface area (Å²) in [6, 6.07) is 16.2. The summed E-state index contributed by atoms with van der Waals surface area (Å²) in [5, 5.41) is 14.3. The van der Waals surface area contributed by atoms with Crippen LogP contribution in [0.4, 0.5) is 8.78 Å². The number of hydrogen-bond donors (Lipinski definition) is 2. The molecule has 0 radical (unpaired) electrons. The third kappa shape index (κ3) is 4.79. The Kier molecular flexibility index (Phi) is 6.55. The molecule has 2 heterocycles. The van der Waals surface area contributed by atoms with E-state index in [2.05, 4.69) is 20.7 Å². The summed E-state index contributed by atoms with van der Waals surface area (Å²) >= 11 is 0. The minimum Gasteiger partial charge on any atom is -0.330 e. The van der Waals surface area contributed by atoms with Crippen molar-refractivity contribution in [3.63, 3.8) is 0 Å². The predicted octanol–water partition coefficient (Wildman–Crippen LogP) is 5.08. The van der Waals surface area contributed by atoms with Crippen LogP contribution >= 0.6 is 0 Å². The maximum absolute atomic E-state index is 15.1. The van der Waals surface area contributed by atoms with Gasteiger partial charge in [-0.15, -0.1) is 0 Å². The van der Waals surface area contributed by atoms with Crippen LogP contribution in [0.1, 0.15) is 42.1 Å². The third-order valence-electron chi connectivity index (χ3n) is 6.77. The van der Waals surface area contributed by atoms with E-state index in [9.17, 15) is 9.18 Å². The molecular formula is C27H27F2N5O. The van der Waals surface area contributed by atoms with E-state index < -0.39 is 5.82 Å². The topological polar surface area (TPSA) is 73.9 Å². The van der Waals surface area contributed by atoms with Gasteiger partial charge in [-0.05, 0) is 85.5 Å². The Balaban J connectivity index is 1.51. The van der Waals surface area contributed by atoms with Gasteiger partial charge in [-0.2, -0.15) is 15.4 Å². The largest absolute Gasteiger partial charge is 0.330 e. The highest BCUT2D eigenvalue weighted by atomic mass is 19.1. The van der Waals surface area contributed by atoms with Crippen molar-refractivity contribution in [2.45, 2.75) is 44.8 Å². The Morgan fingerprint density at radius 3 is 2.51 bits per heavy atom. The number of aromatic amines is 1. The normalized spacial score (nSPS) is 16.5. The average Bonchev–Trinajstić information content (AvgIpc) is 3.57. The summed E-state index contributed by atoms with van der Waals surface area (Å²) in [6.45, 7) is 3.04. The van der Waals surface area contributed by atoms with Gasteiger partial charge in [0.25, 0.3) is 5.91 Å². The van der Waals surface area contributed by atoms with Gasteiger partial charge in [-0.25, -0.2) is 8.78 Å². The number of amides is 1. The van der Waals surface area contributed by atoms with E-state index in [1.165, 1.54) is 30.3 Å². The molecule has 0 saturated carbocycles. The number of H-pyrrole nitrogens is 1. The number of halogens is 2. The number of nitrogens with zero attached hydrogens (tertiary/aromatic N) is 3. The van der Waals surface area contributed by atoms with Crippen molar-refractivity contribution >= 4 is 16.9 Å². The quantitative estimate of drug-likeness (QED) is 0.391. The summed E-state index contributed by atoms with van der Waals surface area (Å²) in [4.78, 5) is 15.4. The minimum atomic E-state index is -0.402. The second kappa shape index (κ2) is 9.92. The number of benzene rings is 3. The van der Waals surface area contributed by atoms with Gasteiger partial charge >= 0.3 is 0 Å². The van der Waals surface area contributed by atoms with Crippen LogP contribution in [0.2, 0.25) is 0 Å². The Labute approximate surface area is 202 Å². The van der Waals surface area contributed by atoms with Gasteiger partial charge in [-0.1, -0.05) is 19.1 Å². The third-order valence-corrected chi connectivity index (χ3v) is 6.77. The maximum Gasteiger partial charge on any atom is 0.254 e. The van der Waals surface area contributed by atoms with Crippen molar-refractivity contribution in [1.82, 2.24) is 25.6 Å². The number of aromatic nitrogens is 3. The Bertz CT molecular complexity index is 1330. The number of hydrogen-bond acceptors (Lipinski definition) is 4. The van der Waals surface area contributed by atoms with Crippen molar-refractivity contribution in [2.24, 2.45) is 0 Å². The zero-order valence-electron chi connectivity index (χ0n) is 19.5. The molecule has 4 aromatic rings. The van der Waals surface area contributed by atoms with E-state index in [0.717, 1.165) is 48.0 Å². The monoisotopic (exact) mass is 475 g/mol. The fraction of sp³-hybridized carbons (Fsp3) is 0.296. The lowest BCUT2D eigenvalue weighted by atomic mass is 9.98. The molecule has 35 heavy (non-hydrogen) atoms. The van der Waals surface area contributed by atoms with Gasteiger partial charge in [0.1, 0.15) is 22.7 Å². The van der Waals surface area contributed by atoms with Crippen LogP contribution in [0.5, 0.6) is 0 Å². The number of carbonyl (C=O) groups excluding carboxylic acids is 1. The van der Waals surface area contributed by atoms with Crippen LogP contribution in [0.3, 0.4) is 0 Å². The molecule has 1 aromatic heterocycles. The smallest absolute Gasteiger partial charge is 0.254 e. The first-order chi connectivity index (χ1) is 17.0. The molecule has 1 amide bonds. The molecule has 1 saturated heterocycles. The molecule has 0 aliphatic carbocycles. The highest BCUT2D eigenvalue weighted by Crippen LogP contribution is 2.28. The highest BCUT2D eigenvalue weighted by molar-refractivity contribution is 5.94. The molecule has 2 N–H and O–H groups in total. The molecule has 1 fully saturated rings. The van der Waals surface area contributed by atoms with Crippen LogP contribution < -0.4 is 5.32 Å². The lowest BCUT2D eigenvalue weighted by Crippen LogP contribution is -2.49. The predicted molar refractivity (Wildman–Crippen MR) is 131 cm³/mol. The number of carbonyl (C=O) groups is 1. The van der Waals surface area contributed by atoms with Crippen molar-refractivity contribution < 1.29 is 13.6 Å². The number of fused-ring (bicyclic) bond motifs is 1. The van der Waals surface area contributed by atoms with Crippen molar-refractivity contribution in [2.75, 3.05) is 6.54 Å². The highest BCUT2D eigenvalue weighted by Gasteiger charge is 2.32. The molecule has 2 atom stereocenters. The maximum atomic E-state index is 15.1. The summed E-state index contributed by atoms with van der Waals surface area (Å²) in [7, 11) is 0. The van der Waals surface area contributed by atoms with E-state index in [4.69, 9.17) is 0 Å². The molecule has 0 bridgehead atoms. The molecule has 8 heteroatoms. The first-order valence-corrected chi connectivity index (χ1v) is 11.9. The van der Waals surface area contributed by atoms with Crippen molar-refractivity contribution in [3.8, 4) is 11.1 Å². The fourth-order valence-corrected chi connectivity index (χ4v) is 4.94. The Morgan fingerprint density at radius 2 is 1.77 bits per heavy atom. The molecule has 5 rings (SSSR count). The fourth-order valence-electron chi connectivity index (χ4n) is 4.94. The summed E-state index contributed by atoms with van der Waals surface area (Å²) in [5.74, 6) is -1.01. The van der Waals surface area contributed by atoms with Crippen molar-refractivity contribution in [1.29, 1.82) is 0 Å². The van der Waals surface area contributed by atoms with E-state index in [1.807, 2.05) is 25.1 Å². The van der Waals surface area contributed by atoms with Gasteiger partial charge in [0, 0.05) is 29.8 Å². The zero-order chi connectivity index (χ0) is 24.4. The van der Waals surface area contributed by atoms with Crippen LogP contribution in [0.25, 0.3) is 22.2 Å². The molecule has 1 aliphatic rings. The Morgan fingerprint density at radius 1 is 1.03 bits per heavy atom. The van der Waals surface area contributed by atoms with E-state index in [0.29, 0.717) is 11.1 Å².